The van der Waals surface area contributed by atoms with Crippen molar-refractivity contribution in [2.24, 2.45) is 0 Å². The van der Waals surface area contributed by atoms with Gasteiger partial charge in [0.05, 0.1) is 26.0 Å². The Balaban J connectivity index is 1.64. The molecule has 0 aliphatic rings. The number of aromatic nitrogens is 4. The molecule has 0 fully saturated rings. The Morgan fingerprint density at radius 1 is 0.875 bits per heavy atom. The zero-order valence-electron chi connectivity index (χ0n) is 18.2. The van der Waals surface area contributed by atoms with Crippen LogP contribution in [0.15, 0.2) is 70.5 Å². The van der Waals surface area contributed by atoms with Crippen LogP contribution in [-0.4, -0.2) is 31.9 Å². The van der Waals surface area contributed by atoms with E-state index in [-0.39, 0.29) is 18.7 Å². The van der Waals surface area contributed by atoms with Crippen LogP contribution in [0.3, 0.4) is 0 Å². The van der Waals surface area contributed by atoms with E-state index in [0.29, 0.717) is 36.6 Å². The predicted octanol–water partition coefficient (Wildman–Crippen LogP) is 2.91. The van der Waals surface area contributed by atoms with Crippen LogP contribution in [0.25, 0.3) is 11.2 Å². The first kappa shape index (κ1) is 21.4. The van der Waals surface area contributed by atoms with Crippen molar-refractivity contribution in [2.75, 3.05) is 13.2 Å². The van der Waals surface area contributed by atoms with Gasteiger partial charge in [0.25, 0.3) is 5.56 Å². The highest BCUT2D eigenvalue weighted by molar-refractivity contribution is 5.70. The summed E-state index contributed by atoms with van der Waals surface area (Å²) in [4.78, 5) is 30.8. The fraction of sp³-hybridized carbons (Fsp3) is 0.292. The van der Waals surface area contributed by atoms with Crippen LogP contribution >= 0.6 is 0 Å². The molecule has 0 aliphatic heterocycles. The van der Waals surface area contributed by atoms with Crippen LogP contribution in [0, 0.1) is 0 Å². The van der Waals surface area contributed by atoms with Gasteiger partial charge in [-0.2, -0.15) is 0 Å². The summed E-state index contributed by atoms with van der Waals surface area (Å²) in [5.74, 6) is 1.41. The van der Waals surface area contributed by atoms with Crippen LogP contribution in [0.2, 0.25) is 0 Å². The van der Waals surface area contributed by atoms with Crippen molar-refractivity contribution in [3.63, 3.8) is 0 Å². The highest BCUT2D eigenvalue weighted by Crippen LogP contribution is 2.17. The number of ether oxygens (including phenoxy) is 2. The average Bonchev–Trinajstić information content (AvgIpc) is 3.25. The molecule has 8 heteroatoms. The molecule has 32 heavy (non-hydrogen) atoms. The molecular formula is C24H26N4O4. The topological polar surface area (TPSA) is 80.3 Å². The first-order chi connectivity index (χ1) is 15.6. The second-order valence-electron chi connectivity index (χ2n) is 7.27. The van der Waals surface area contributed by atoms with E-state index in [9.17, 15) is 9.59 Å². The van der Waals surface area contributed by atoms with E-state index in [0.717, 1.165) is 11.3 Å². The molecule has 0 unspecified atom stereocenters. The fourth-order valence-electron chi connectivity index (χ4n) is 3.64. The molecule has 0 N–H and O–H groups in total. The normalized spacial score (nSPS) is 11.1. The molecule has 2 aromatic heterocycles. The molecule has 8 nitrogen and oxygen atoms in total. The molecule has 0 saturated heterocycles. The molecule has 0 radical (unpaired) electrons. The number of fused-ring (bicyclic) bond motifs is 1. The third-order valence-corrected chi connectivity index (χ3v) is 5.23. The van der Waals surface area contributed by atoms with Crippen molar-refractivity contribution in [1.29, 1.82) is 0 Å². The lowest BCUT2D eigenvalue weighted by Crippen LogP contribution is -2.42. The Hall–Kier alpha value is -3.81. The molecule has 0 amide bonds. The van der Waals surface area contributed by atoms with Gasteiger partial charge in [-0.05, 0) is 43.7 Å². The number of aryl methyl sites for hydroxylation is 1. The molecular weight excluding hydrogens is 408 g/mol. The largest absolute Gasteiger partial charge is 0.494 e. The number of rotatable bonds is 9. The van der Waals surface area contributed by atoms with Crippen molar-refractivity contribution in [3.8, 4) is 11.5 Å². The quantitative estimate of drug-likeness (QED) is 0.405. The lowest BCUT2D eigenvalue weighted by atomic mass is 10.2. The van der Waals surface area contributed by atoms with E-state index in [1.807, 2.05) is 56.3 Å². The summed E-state index contributed by atoms with van der Waals surface area (Å²) in [6.45, 7) is 5.68. The van der Waals surface area contributed by atoms with Gasteiger partial charge in [-0.3, -0.25) is 13.9 Å². The summed E-state index contributed by atoms with van der Waals surface area (Å²) in [6, 6.07) is 16.9. The summed E-state index contributed by atoms with van der Waals surface area (Å²) >= 11 is 0. The van der Waals surface area contributed by atoms with Crippen LogP contribution in [0.1, 0.15) is 19.4 Å². The van der Waals surface area contributed by atoms with Crippen LogP contribution in [-0.2, 0) is 19.6 Å². The molecule has 166 valence electrons. The monoisotopic (exact) mass is 434 g/mol. The average molecular weight is 434 g/mol. The Bertz CT molecular complexity index is 1300. The summed E-state index contributed by atoms with van der Waals surface area (Å²) in [6.07, 6.45) is 1.60. The van der Waals surface area contributed by atoms with Crippen molar-refractivity contribution < 1.29 is 9.47 Å². The zero-order valence-corrected chi connectivity index (χ0v) is 18.2. The highest BCUT2D eigenvalue weighted by atomic mass is 16.5. The van der Waals surface area contributed by atoms with Gasteiger partial charge in [-0.15, -0.1) is 0 Å². The van der Waals surface area contributed by atoms with E-state index < -0.39 is 5.69 Å². The van der Waals surface area contributed by atoms with Gasteiger partial charge in [-0.1, -0.05) is 30.3 Å². The maximum Gasteiger partial charge on any atom is 0.333 e. The minimum absolute atomic E-state index is 0.129. The molecule has 0 bridgehead atoms. The summed E-state index contributed by atoms with van der Waals surface area (Å²) < 4.78 is 15.8. The van der Waals surface area contributed by atoms with Gasteiger partial charge < -0.3 is 14.0 Å². The van der Waals surface area contributed by atoms with E-state index in [1.54, 1.807) is 27.6 Å². The number of benzene rings is 2. The summed E-state index contributed by atoms with van der Waals surface area (Å²) in [5, 5.41) is 0. The lowest BCUT2D eigenvalue weighted by molar-refractivity contribution is 0.291. The molecule has 0 spiro atoms. The SMILES string of the molecule is CCOc1ccc(OCCn2c(=O)c3c(ncn3CC)n(Cc3ccccc3)c2=O)cc1. The Labute approximate surface area is 185 Å². The zero-order chi connectivity index (χ0) is 22.5. The van der Waals surface area contributed by atoms with Crippen molar-refractivity contribution in [2.45, 2.75) is 33.5 Å². The standard InChI is InChI=1S/C24H26N4O4/c1-3-26-17-25-22-21(26)23(29)27(24(30)28(22)16-18-8-6-5-7-9-18)14-15-32-20-12-10-19(11-13-20)31-4-2/h5-13,17H,3-4,14-16H2,1-2H3. The summed E-state index contributed by atoms with van der Waals surface area (Å²) in [7, 11) is 0. The summed E-state index contributed by atoms with van der Waals surface area (Å²) in [5.41, 5.74) is 1.02. The first-order valence-electron chi connectivity index (χ1n) is 10.7. The van der Waals surface area contributed by atoms with E-state index in [4.69, 9.17) is 9.47 Å². The second kappa shape index (κ2) is 9.55. The fourth-order valence-corrected chi connectivity index (χ4v) is 3.64. The second-order valence-corrected chi connectivity index (χ2v) is 7.27. The number of nitrogens with zero attached hydrogens (tertiary/aromatic N) is 4. The maximum absolute atomic E-state index is 13.3. The molecule has 4 aromatic rings. The number of hydrogen-bond donors (Lipinski definition) is 0. The van der Waals surface area contributed by atoms with Crippen LogP contribution in [0.5, 0.6) is 11.5 Å². The van der Waals surface area contributed by atoms with Gasteiger partial charge >= 0.3 is 5.69 Å². The maximum atomic E-state index is 13.3. The van der Waals surface area contributed by atoms with Crippen molar-refractivity contribution in [1.82, 2.24) is 18.7 Å². The number of imidazole rings is 1. The van der Waals surface area contributed by atoms with E-state index in [1.165, 1.54) is 4.57 Å². The molecule has 0 aliphatic carbocycles. The molecule has 2 aromatic carbocycles. The third kappa shape index (κ3) is 4.30. The molecule has 0 atom stereocenters. The highest BCUT2D eigenvalue weighted by Gasteiger charge is 2.18. The van der Waals surface area contributed by atoms with Gasteiger partial charge in [0.15, 0.2) is 11.2 Å². The Morgan fingerprint density at radius 3 is 2.22 bits per heavy atom. The van der Waals surface area contributed by atoms with Crippen LogP contribution < -0.4 is 20.7 Å². The van der Waals surface area contributed by atoms with Gasteiger partial charge in [0.2, 0.25) is 0 Å². The Kier molecular flexibility index (Phi) is 6.39. The van der Waals surface area contributed by atoms with Crippen molar-refractivity contribution in [3.05, 3.63) is 87.3 Å². The van der Waals surface area contributed by atoms with Gasteiger partial charge in [0.1, 0.15) is 18.1 Å². The van der Waals surface area contributed by atoms with E-state index in [2.05, 4.69) is 4.98 Å². The van der Waals surface area contributed by atoms with Gasteiger partial charge in [0, 0.05) is 6.54 Å². The third-order valence-electron chi connectivity index (χ3n) is 5.23. The molecule has 0 saturated carbocycles. The molecule has 4 rings (SSSR count). The predicted molar refractivity (Wildman–Crippen MR) is 123 cm³/mol. The number of hydrogen-bond acceptors (Lipinski definition) is 5. The smallest absolute Gasteiger partial charge is 0.333 e. The first-order valence-corrected chi connectivity index (χ1v) is 10.7. The minimum Gasteiger partial charge on any atom is -0.494 e. The van der Waals surface area contributed by atoms with Crippen molar-refractivity contribution >= 4 is 11.2 Å². The van der Waals surface area contributed by atoms with E-state index >= 15 is 0 Å². The van der Waals surface area contributed by atoms with Crippen LogP contribution in [0.4, 0.5) is 0 Å². The van der Waals surface area contributed by atoms with Gasteiger partial charge in [-0.25, -0.2) is 9.78 Å². The lowest BCUT2D eigenvalue weighted by Gasteiger charge is -2.13. The Morgan fingerprint density at radius 2 is 1.56 bits per heavy atom. The molecule has 2 heterocycles. The minimum atomic E-state index is -0.400.